The van der Waals surface area contributed by atoms with Crippen LogP contribution in [0.15, 0.2) is 53.4 Å². The maximum absolute atomic E-state index is 13.0. The van der Waals surface area contributed by atoms with Crippen LogP contribution < -0.4 is 10.0 Å². The van der Waals surface area contributed by atoms with E-state index in [0.29, 0.717) is 10.7 Å². The minimum Gasteiger partial charge on any atom is -0.367 e. The van der Waals surface area contributed by atoms with Gasteiger partial charge in [0.05, 0.1) is 23.7 Å². The van der Waals surface area contributed by atoms with Crippen LogP contribution in [0.3, 0.4) is 0 Å². The van der Waals surface area contributed by atoms with Gasteiger partial charge in [0.25, 0.3) is 15.9 Å². The zero-order valence-corrected chi connectivity index (χ0v) is 17.2. The smallest absolute Gasteiger partial charge is 0.264 e. The minimum absolute atomic E-state index is 0.0214. The molecule has 2 N–H and O–H groups in total. The number of nitrogens with zero attached hydrogens (tertiary/aromatic N) is 2. The molecule has 1 saturated heterocycles. The predicted molar refractivity (Wildman–Crippen MR) is 108 cm³/mol. The fourth-order valence-corrected chi connectivity index (χ4v) is 4.37. The molecule has 2 aromatic carbocycles. The second-order valence-electron chi connectivity index (χ2n) is 6.49. The van der Waals surface area contributed by atoms with E-state index >= 15 is 0 Å². The molecule has 1 atom stereocenters. The van der Waals surface area contributed by atoms with Gasteiger partial charge in [0.1, 0.15) is 0 Å². The molecule has 1 aliphatic rings. The van der Waals surface area contributed by atoms with Crippen molar-refractivity contribution in [3.8, 4) is 0 Å². The number of anilines is 1. The molecule has 0 bridgehead atoms. The molecule has 10 heteroatoms. The van der Waals surface area contributed by atoms with Gasteiger partial charge in [-0.15, -0.1) is 0 Å². The van der Waals surface area contributed by atoms with Crippen LogP contribution in [0, 0.1) is 0 Å². The lowest BCUT2D eigenvalue weighted by Crippen LogP contribution is -2.50. The van der Waals surface area contributed by atoms with Crippen molar-refractivity contribution >= 4 is 39.1 Å². The summed E-state index contributed by atoms with van der Waals surface area (Å²) in [6.07, 6.45) is -0.881. The van der Waals surface area contributed by atoms with Gasteiger partial charge in [-0.1, -0.05) is 23.7 Å². The molecule has 1 fully saturated rings. The molecule has 3 rings (SSSR count). The number of halogens is 1. The Labute approximate surface area is 173 Å². The molecule has 0 spiro atoms. The average Bonchev–Trinajstić information content (AvgIpc) is 2.72. The number of nitrogens with two attached hydrogens (primary N) is 1. The first-order valence-electron chi connectivity index (χ1n) is 8.75. The Kier molecular flexibility index (Phi) is 6.11. The van der Waals surface area contributed by atoms with Crippen LogP contribution in [0.5, 0.6) is 0 Å². The third kappa shape index (κ3) is 4.52. The molecule has 1 aliphatic heterocycles. The Morgan fingerprint density at radius 2 is 1.93 bits per heavy atom. The standard InChI is InChI=1S/C19H20ClN3O5S/c1-22(15-6-3-5-14(20)11-15)29(26,27)16-7-2-4-13(10-16)19(25)23-8-9-28-17(12-23)18(21)24/h2-7,10-11,17H,8-9,12H2,1H3,(H2,21,24). The maximum atomic E-state index is 13.0. The monoisotopic (exact) mass is 437 g/mol. The van der Waals surface area contributed by atoms with Crippen LogP contribution in [0.25, 0.3) is 0 Å². The van der Waals surface area contributed by atoms with E-state index in [-0.39, 0.29) is 30.2 Å². The topological polar surface area (TPSA) is 110 Å². The highest BCUT2D eigenvalue weighted by atomic mass is 35.5. The molecular formula is C19H20ClN3O5S. The van der Waals surface area contributed by atoms with Crippen molar-refractivity contribution in [2.24, 2.45) is 5.73 Å². The van der Waals surface area contributed by atoms with Crippen molar-refractivity contribution in [3.63, 3.8) is 0 Å². The van der Waals surface area contributed by atoms with Gasteiger partial charge in [-0.25, -0.2) is 8.42 Å². The highest BCUT2D eigenvalue weighted by Crippen LogP contribution is 2.25. The first kappa shape index (κ1) is 21.1. The van der Waals surface area contributed by atoms with Gasteiger partial charge in [0, 0.05) is 24.2 Å². The molecule has 0 radical (unpaired) electrons. The minimum atomic E-state index is -3.91. The fourth-order valence-electron chi connectivity index (χ4n) is 2.95. The lowest BCUT2D eigenvalue weighted by molar-refractivity contribution is -0.133. The van der Waals surface area contributed by atoms with Gasteiger partial charge in [0.2, 0.25) is 5.91 Å². The summed E-state index contributed by atoms with van der Waals surface area (Å²) in [6.45, 7) is 0.477. The second kappa shape index (κ2) is 8.40. The Balaban J connectivity index is 1.86. The van der Waals surface area contributed by atoms with Crippen LogP contribution in [0.1, 0.15) is 10.4 Å². The van der Waals surface area contributed by atoms with Gasteiger partial charge in [-0.05, 0) is 36.4 Å². The van der Waals surface area contributed by atoms with Crippen molar-refractivity contribution in [3.05, 3.63) is 59.1 Å². The number of ether oxygens (including phenoxy) is 1. The van der Waals surface area contributed by atoms with Gasteiger partial charge in [0.15, 0.2) is 6.10 Å². The van der Waals surface area contributed by atoms with E-state index in [1.807, 2.05) is 0 Å². The fraction of sp³-hybridized carbons (Fsp3) is 0.263. The van der Waals surface area contributed by atoms with Crippen molar-refractivity contribution < 1.29 is 22.7 Å². The molecule has 8 nitrogen and oxygen atoms in total. The number of hydrogen-bond acceptors (Lipinski definition) is 5. The summed E-state index contributed by atoms with van der Waals surface area (Å²) >= 11 is 5.96. The largest absolute Gasteiger partial charge is 0.367 e. The second-order valence-corrected chi connectivity index (χ2v) is 8.90. The average molecular weight is 438 g/mol. The number of sulfonamides is 1. The summed E-state index contributed by atoms with van der Waals surface area (Å²) in [5.41, 5.74) is 5.84. The molecule has 2 aromatic rings. The van der Waals surface area contributed by atoms with Crippen LogP contribution in [-0.2, 0) is 19.6 Å². The van der Waals surface area contributed by atoms with E-state index in [2.05, 4.69) is 0 Å². The number of carbonyl (C=O) groups is 2. The predicted octanol–water partition coefficient (Wildman–Crippen LogP) is 1.49. The summed E-state index contributed by atoms with van der Waals surface area (Å²) in [7, 11) is -2.50. The SMILES string of the molecule is CN(c1cccc(Cl)c1)S(=O)(=O)c1cccc(C(=O)N2CCOC(C(N)=O)C2)c1. The summed E-state index contributed by atoms with van der Waals surface area (Å²) in [5, 5.41) is 0.407. The molecular weight excluding hydrogens is 418 g/mol. The highest BCUT2D eigenvalue weighted by molar-refractivity contribution is 7.92. The molecule has 0 saturated carbocycles. The number of hydrogen-bond donors (Lipinski definition) is 1. The van der Waals surface area contributed by atoms with Gasteiger partial charge in [-0.2, -0.15) is 0 Å². The summed E-state index contributed by atoms with van der Waals surface area (Å²) in [5.74, 6) is -1.05. The molecule has 2 amide bonds. The van der Waals surface area contributed by atoms with Crippen LogP contribution in [-0.4, -0.2) is 58.0 Å². The van der Waals surface area contributed by atoms with E-state index in [0.717, 1.165) is 4.31 Å². The molecule has 0 aliphatic carbocycles. The van der Waals surface area contributed by atoms with Gasteiger partial charge < -0.3 is 15.4 Å². The van der Waals surface area contributed by atoms with Crippen LogP contribution in [0.4, 0.5) is 5.69 Å². The first-order chi connectivity index (χ1) is 13.7. The Morgan fingerprint density at radius 1 is 1.21 bits per heavy atom. The summed E-state index contributed by atoms with van der Waals surface area (Å²) in [4.78, 5) is 25.6. The number of carbonyl (C=O) groups excluding carboxylic acids is 2. The van der Waals surface area contributed by atoms with E-state index < -0.39 is 27.9 Å². The third-order valence-electron chi connectivity index (χ3n) is 4.58. The van der Waals surface area contributed by atoms with Crippen LogP contribution in [0.2, 0.25) is 5.02 Å². The van der Waals surface area contributed by atoms with Crippen LogP contribution >= 0.6 is 11.6 Å². The van der Waals surface area contributed by atoms with Crippen molar-refractivity contribution in [2.45, 2.75) is 11.0 Å². The van der Waals surface area contributed by atoms with E-state index in [4.69, 9.17) is 22.1 Å². The Bertz CT molecular complexity index is 1040. The third-order valence-corrected chi connectivity index (χ3v) is 6.60. The number of benzene rings is 2. The molecule has 1 heterocycles. The summed E-state index contributed by atoms with van der Waals surface area (Å²) in [6, 6.07) is 12.2. The van der Waals surface area contributed by atoms with E-state index in [1.54, 1.807) is 18.2 Å². The Hall–Kier alpha value is -2.62. The number of amides is 2. The highest BCUT2D eigenvalue weighted by Gasteiger charge is 2.29. The van der Waals surface area contributed by atoms with Crippen molar-refractivity contribution in [2.75, 3.05) is 31.0 Å². The number of primary amides is 1. The number of morpholine rings is 1. The van der Waals surface area contributed by atoms with Gasteiger partial charge in [-0.3, -0.25) is 13.9 Å². The van der Waals surface area contributed by atoms with Crippen molar-refractivity contribution in [1.82, 2.24) is 4.90 Å². The normalized spacial score (nSPS) is 17.0. The zero-order valence-electron chi connectivity index (χ0n) is 15.6. The quantitative estimate of drug-likeness (QED) is 0.762. The molecule has 154 valence electrons. The lowest BCUT2D eigenvalue weighted by atomic mass is 10.1. The van der Waals surface area contributed by atoms with Crippen molar-refractivity contribution in [1.29, 1.82) is 0 Å². The molecule has 29 heavy (non-hydrogen) atoms. The lowest BCUT2D eigenvalue weighted by Gasteiger charge is -2.31. The number of rotatable bonds is 5. The zero-order chi connectivity index (χ0) is 21.2. The summed E-state index contributed by atoms with van der Waals surface area (Å²) < 4.78 is 32.4. The maximum Gasteiger partial charge on any atom is 0.264 e. The van der Waals surface area contributed by atoms with Gasteiger partial charge >= 0.3 is 0 Å². The Morgan fingerprint density at radius 3 is 2.62 bits per heavy atom. The first-order valence-corrected chi connectivity index (χ1v) is 10.6. The van der Waals surface area contributed by atoms with E-state index in [9.17, 15) is 18.0 Å². The van der Waals surface area contributed by atoms with E-state index in [1.165, 1.54) is 42.3 Å². The molecule has 1 unspecified atom stereocenters. The molecule has 0 aromatic heterocycles.